The highest BCUT2D eigenvalue weighted by Gasteiger charge is 2.17. The van der Waals surface area contributed by atoms with Gasteiger partial charge in [0.05, 0.1) is 6.42 Å². The van der Waals surface area contributed by atoms with Crippen molar-refractivity contribution in [2.45, 2.75) is 19.4 Å². The molecule has 0 atom stereocenters. The van der Waals surface area contributed by atoms with Crippen LogP contribution >= 0.6 is 0 Å². The van der Waals surface area contributed by atoms with Gasteiger partial charge in [0.1, 0.15) is 5.82 Å². The minimum absolute atomic E-state index is 0.115. The van der Waals surface area contributed by atoms with Crippen LogP contribution in [0.25, 0.3) is 0 Å². The summed E-state index contributed by atoms with van der Waals surface area (Å²) >= 11 is 0. The molecule has 7 heteroatoms. The topological polar surface area (TPSA) is 64.7 Å². The summed E-state index contributed by atoms with van der Waals surface area (Å²) in [6, 6.07) is 16.5. The fraction of sp³-hybridized carbons (Fsp3) is 0.364. The molecular weight excluding hydrogens is 371 g/mol. The Balaban J connectivity index is 1.30. The van der Waals surface area contributed by atoms with Crippen LogP contribution in [-0.4, -0.2) is 54.3 Å². The maximum Gasteiger partial charge on any atom is 0.242 e. The van der Waals surface area contributed by atoms with E-state index in [2.05, 4.69) is 44.9 Å². The maximum atomic E-state index is 13.5. The molecule has 1 saturated heterocycles. The number of rotatable bonds is 7. The van der Waals surface area contributed by atoms with E-state index in [1.165, 1.54) is 11.6 Å². The van der Waals surface area contributed by atoms with Crippen molar-refractivity contribution in [1.82, 2.24) is 20.7 Å². The molecule has 0 aliphatic carbocycles. The summed E-state index contributed by atoms with van der Waals surface area (Å²) in [7, 11) is 0. The highest BCUT2D eigenvalue weighted by molar-refractivity contribution is 5.83. The van der Waals surface area contributed by atoms with Crippen molar-refractivity contribution in [3.63, 3.8) is 0 Å². The molecule has 3 rings (SSSR count). The Bertz CT molecular complexity index is 807. The SMILES string of the molecule is O=C(CCN1CCN(Cc2ccccc2)CC1)NNC(=O)Cc1ccccc1F. The molecule has 154 valence electrons. The highest BCUT2D eigenvalue weighted by Crippen LogP contribution is 2.09. The molecule has 0 spiro atoms. The standard InChI is InChI=1S/C22H27FN4O2/c23-20-9-5-4-8-19(20)16-22(29)25-24-21(28)10-11-26-12-14-27(15-13-26)17-18-6-2-1-3-7-18/h1-9H,10-17H2,(H,24,28)(H,25,29). The van der Waals surface area contributed by atoms with E-state index >= 15 is 0 Å². The van der Waals surface area contributed by atoms with E-state index in [0.29, 0.717) is 18.5 Å². The second kappa shape index (κ2) is 10.7. The minimum atomic E-state index is -0.446. The van der Waals surface area contributed by atoms with Crippen molar-refractivity contribution in [3.05, 3.63) is 71.5 Å². The van der Waals surface area contributed by atoms with Crippen molar-refractivity contribution < 1.29 is 14.0 Å². The second-order valence-electron chi connectivity index (χ2n) is 7.22. The fourth-order valence-corrected chi connectivity index (χ4v) is 3.33. The monoisotopic (exact) mass is 398 g/mol. The van der Waals surface area contributed by atoms with Gasteiger partial charge in [-0.05, 0) is 17.2 Å². The molecule has 2 amide bonds. The summed E-state index contributed by atoms with van der Waals surface area (Å²) in [5.41, 5.74) is 6.36. The highest BCUT2D eigenvalue weighted by atomic mass is 19.1. The van der Waals surface area contributed by atoms with E-state index in [-0.39, 0.29) is 12.3 Å². The van der Waals surface area contributed by atoms with Gasteiger partial charge in [-0.25, -0.2) is 4.39 Å². The molecule has 2 N–H and O–H groups in total. The van der Waals surface area contributed by atoms with Crippen LogP contribution in [0.3, 0.4) is 0 Å². The van der Waals surface area contributed by atoms with E-state index < -0.39 is 11.7 Å². The van der Waals surface area contributed by atoms with Crippen molar-refractivity contribution in [2.75, 3.05) is 32.7 Å². The molecule has 0 saturated carbocycles. The molecule has 0 bridgehead atoms. The largest absolute Gasteiger partial charge is 0.300 e. The normalized spacial score (nSPS) is 15.1. The van der Waals surface area contributed by atoms with Crippen molar-refractivity contribution >= 4 is 11.8 Å². The van der Waals surface area contributed by atoms with Gasteiger partial charge in [0.25, 0.3) is 0 Å². The first-order chi connectivity index (χ1) is 14.1. The first kappa shape index (κ1) is 21.0. The Hall–Kier alpha value is -2.77. The van der Waals surface area contributed by atoms with Crippen LogP contribution in [0.1, 0.15) is 17.5 Å². The lowest BCUT2D eigenvalue weighted by molar-refractivity contribution is -0.128. The Labute approximate surface area is 170 Å². The molecule has 2 aromatic rings. The zero-order valence-corrected chi connectivity index (χ0v) is 16.4. The van der Waals surface area contributed by atoms with Crippen molar-refractivity contribution in [1.29, 1.82) is 0 Å². The number of hydrogen-bond acceptors (Lipinski definition) is 4. The third-order valence-corrected chi connectivity index (χ3v) is 5.02. The first-order valence-electron chi connectivity index (χ1n) is 9.90. The lowest BCUT2D eigenvalue weighted by atomic mass is 10.1. The van der Waals surface area contributed by atoms with E-state index in [4.69, 9.17) is 0 Å². The van der Waals surface area contributed by atoms with Gasteiger partial charge in [0.15, 0.2) is 0 Å². The smallest absolute Gasteiger partial charge is 0.242 e. The Morgan fingerprint density at radius 1 is 0.828 bits per heavy atom. The van der Waals surface area contributed by atoms with Gasteiger partial charge in [0, 0.05) is 45.7 Å². The van der Waals surface area contributed by atoms with Crippen LogP contribution < -0.4 is 10.9 Å². The van der Waals surface area contributed by atoms with Crippen LogP contribution in [0.5, 0.6) is 0 Å². The number of amides is 2. The fourth-order valence-electron chi connectivity index (χ4n) is 3.33. The maximum absolute atomic E-state index is 13.5. The van der Waals surface area contributed by atoms with Crippen LogP contribution in [0.2, 0.25) is 0 Å². The van der Waals surface area contributed by atoms with Gasteiger partial charge in [-0.3, -0.25) is 25.3 Å². The molecule has 1 aliphatic rings. The van der Waals surface area contributed by atoms with Crippen LogP contribution in [0.15, 0.2) is 54.6 Å². The number of carbonyl (C=O) groups excluding carboxylic acids is 2. The quantitative estimate of drug-likeness (QED) is 0.698. The Morgan fingerprint density at radius 2 is 1.45 bits per heavy atom. The van der Waals surface area contributed by atoms with Crippen LogP contribution in [0.4, 0.5) is 4.39 Å². The number of halogens is 1. The number of piperazine rings is 1. The minimum Gasteiger partial charge on any atom is -0.300 e. The summed E-state index contributed by atoms with van der Waals surface area (Å²) in [6.45, 7) is 5.36. The number of nitrogens with zero attached hydrogens (tertiary/aromatic N) is 2. The Kier molecular flexibility index (Phi) is 7.72. The predicted molar refractivity (Wildman–Crippen MR) is 109 cm³/mol. The lowest BCUT2D eigenvalue weighted by Gasteiger charge is -2.34. The van der Waals surface area contributed by atoms with E-state index in [1.54, 1.807) is 18.2 Å². The summed E-state index contributed by atoms with van der Waals surface area (Å²) in [6.07, 6.45) is 0.189. The van der Waals surface area contributed by atoms with E-state index in [0.717, 1.165) is 32.7 Å². The number of benzene rings is 2. The molecule has 0 aromatic heterocycles. The second-order valence-corrected chi connectivity index (χ2v) is 7.22. The number of nitrogens with one attached hydrogen (secondary N) is 2. The number of hydrogen-bond donors (Lipinski definition) is 2. The average Bonchev–Trinajstić information content (AvgIpc) is 2.74. The lowest BCUT2D eigenvalue weighted by Crippen LogP contribution is -2.48. The summed E-state index contributed by atoms with van der Waals surface area (Å²) in [4.78, 5) is 28.5. The third-order valence-electron chi connectivity index (χ3n) is 5.02. The van der Waals surface area contributed by atoms with Gasteiger partial charge >= 0.3 is 0 Å². The van der Waals surface area contributed by atoms with Crippen molar-refractivity contribution in [3.8, 4) is 0 Å². The van der Waals surface area contributed by atoms with Crippen LogP contribution in [0, 0.1) is 5.82 Å². The molecule has 1 fully saturated rings. The van der Waals surface area contributed by atoms with Gasteiger partial charge in [0.2, 0.25) is 11.8 Å². The molecule has 29 heavy (non-hydrogen) atoms. The molecule has 0 radical (unpaired) electrons. The molecule has 6 nitrogen and oxygen atoms in total. The molecule has 0 unspecified atom stereocenters. The zero-order chi connectivity index (χ0) is 20.5. The molecule has 1 heterocycles. The first-order valence-corrected chi connectivity index (χ1v) is 9.90. The van der Waals surface area contributed by atoms with Gasteiger partial charge in [-0.15, -0.1) is 0 Å². The molecular formula is C22H27FN4O2. The van der Waals surface area contributed by atoms with Gasteiger partial charge in [-0.2, -0.15) is 0 Å². The van der Waals surface area contributed by atoms with Gasteiger partial charge < -0.3 is 4.90 Å². The summed E-state index contributed by atoms with van der Waals surface area (Å²) in [5, 5.41) is 0. The van der Waals surface area contributed by atoms with E-state index in [1.807, 2.05) is 6.07 Å². The Morgan fingerprint density at radius 3 is 2.17 bits per heavy atom. The predicted octanol–water partition coefficient (Wildman–Crippen LogP) is 1.72. The third kappa shape index (κ3) is 6.96. The zero-order valence-electron chi connectivity index (χ0n) is 16.4. The number of hydrazine groups is 1. The molecule has 1 aliphatic heterocycles. The summed E-state index contributed by atoms with van der Waals surface area (Å²) in [5.74, 6) is -1.13. The summed E-state index contributed by atoms with van der Waals surface area (Å²) < 4.78 is 13.5. The van der Waals surface area contributed by atoms with Crippen molar-refractivity contribution in [2.24, 2.45) is 0 Å². The van der Waals surface area contributed by atoms with E-state index in [9.17, 15) is 14.0 Å². The van der Waals surface area contributed by atoms with Gasteiger partial charge in [-0.1, -0.05) is 48.5 Å². The van der Waals surface area contributed by atoms with Crippen LogP contribution in [-0.2, 0) is 22.6 Å². The average molecular weight is 398 g/mol. The number of carbonyl (C=O) groups is 2. The molecule has 2 aromatic carbocycles.